The molecule has 0 fully saturated rings. The maximum absolute atomic E-state index is 14.8. The van der Waals surface area contributed by atoms with Crippen LogP contribution in [0.2, 0.25) is 0 Å². The van der Waals surface area contributed by atoms with Gasteiger partial charge in [0.05, 0.1) is 6.04 Å². The maximum atomic E-state index is 14.8. The quantitative estimate of drug-likeness (QED) is 0.0377. The van der Waals surface area contributed by atoms with Crippen LogP contribution in [0.15, 0.2) is 30.3 Å². The van der Waals surface area contributed by atoms with Gasteiger partial charge in [-0.3, -0.25) is 52.7 Å². The number of primary amides is 1. The summed E-state index contributed by atoms with van der Waals surface area (Å²) in [4.78, 5) is 156. The molecule has 0 aliphatic rings. The van der Waals surface area contributed by atoms with Gasteiger partial charge >= 0.3 is 0 Å². The number of hydrogen-bond acceptors (Lipinski definition) is 18. The Balaban J connectivity index is 3.73. The van der Waals surface area contributed by atoms with Crippen molar-refractivity contribution in [3.05, 3.63) is 35.9 Å². The minimum absolute atomic E-state index is 0.00743. The minimum Gasteiger partial charge on any atom is -0.368 e. The number of nitrogens with two attached hydrogens (primary N) is 8. The fourth-order valence-corrected chi connectivity index (χ4v) is 11.0. The molecule has 0 saturated carbocycles. The third-order valence-electron chi connectivity index (χ3n) is 17.0. The lowest BCUT2D eigenvalue weighted by Gasteiger charge is -2.30. The van der Waals surface area contributed by atoms with Gasteiger partial charge in [0.1, 0.15) is 60.4 Å². The summed E-state index contributed by atoms with van der Waals surface area (Å²) in [7, 11) is 0. The topological polar surface area (TPSA) is 516 Å². The van der Waals surface area contributed by atoms with Crippen LogP contribution in [-0.4, -0.2) is 171 Å². The molecule has 0 spiro atoms. The second-order valence-corrected chi connectivity index (χ2v) is 27.2. The van der Waals surface area contributed by atoms with Crippen molar-refractivity contribution in [2.75, 3.05) is 39.3 Å². The van der Waals surface area contributed by atoms with Crippen molar-refractivity contribution in [1.82, 2.24) is 53.2 Å². The molecule has 0 unspecified atom stereocenters. The Kier molecular flexibility index (Phi) is 46.6. The highest BCUT2D eigenvalue weighted by Gasteiger charge is 2.38. The summed E-state index contributed by atoms with van der Waals surface area (Å²) in [6.45, 7) is 16.7. The average molecular weight is 1390 g/mol. The second kappa shape index (κ2) is 51.3. The lowest BCUT2D eigenvalue weighted by Crippen LogP contribution is -2.61. The molecule has 560 valence electrons. The zero-order chi connectivity index (χ0) is 73.7. The number of carbonyl (C=O) groups excluding carboxylic acids is 11. The number of amides is 11. The van der Waals surface area contributed by atoms with E-state index in [-0.39, 0.29) is 88.6 Å². The summed E-state index contributed by atoms with van der Waals surface area (Å²) in [5.41, 5.74) is 47.4. The van der Waals surface area contributed by atoms with Crippen LogP contribution in [0, 0.1) is 23.7 Å². The van der Waals surface area contributed by atoms with Gasteiger partial charge < -0.3 is 99.0 Å². The molecule has 1 aromatic carbocycles. The van der Waals surface area contributed by atoms with Crippen LogP contribution in [0.1, 0.15) is 202 Å². The van der Waals surface area contributed by atoms with Gasteiger partial charge in [-0.05, 0) is 197 Å². The van der Waals surface area contributed by atoms with Gasteiger partial charge in [0.2, 0.25) is 65.0 Å². The molecule has 26 N–H and O–H groups in total. The highest BCUT2D eigenvalue weighted by molar-refractivity contribution is 5.99. The zero-order valence-corrected chi connectivity index (χ0v) is 60.2. The molecule has 0 saturated heterocycles. The van der Waals surface area contributed by atoms with Gasteiger partial charge in [-0.2, -0.15) is 0 Å². The van der Waals surface area contributed by atoms with E-state index >= 15 is 0 Å². The molecule has 0 bridgehead atoms. The van der Waals surface area contributed by atoms with Crippen LogP contribution >= 0.6 is 0 Å². The predicted octanol–water partition coefficient (Wildman–Crippen LogP) is -0.152. The lowest BCUT2D eigenvalue weighted by atomic mass is 9.95. The molecule has 0 aliphatic carbocycles. The fraction of sp³-hybridized carbons (Fsp3) is 0.754. The van der Waals surface area contributed by atoms with E-state index in [0.29, 0.717) is 122 Å². The first kappa shape index (κ1) is 89.1. The summed E-state index contributed by atoms with van der Waals surface area (Å²) < 4.78 is 0. The standard InChI is InChI=1S/C69H128N18O11/c1-9-46(8)58(69(98)86-56(41-45(6)7)66(95)81-50(29-15-21-35-72)61(90)79-52(31-17-23-37-74)63(92)83-54(59(77)88)39-43(2)3)87-65(94)53(32-18-24-38-75)80-62(91)51(30-16-22-36-73)82-68(97)57(42-47-25-11-10-12-26-47)85-67(96)55(40-44(4)5)84-64(93)49(28-14-20-34-71)78-60(89)48(76)27-13-19-33-70/h10-12,25-26,43-46,48-58H,9,13-24,27-42,70-76H2,1-8H3,(H2,77,88)(H,78,89)(H,79,90)(H,80,91)(H,81,95)(H,82,97)(H,83,92)(H,84,93)(H,85,96)(H,86,98)(H,87,94)/t46-,48-,49-,50-,51-,52-,53-,54-,55-,56-,57-,58-/m0/s1. The van der Waals surface area contributed by atoms with Crippen molar-refractivity contribution >= 4 is 65.0 Å². The summed E-state index contributed by atoms with van der Waals surface area (Å²) in [6, 6.07) is -3.96. The van der Waals surface area contributed by atoms with E-state index in [4.69, 9.17) is 45.9 Å². The minimum atomic E-state index is -1.31. The summed E-state index contributed by atoms with van der Waals surface area (Å²) >= 11 is 0. The van der Waals surface area contributed by atoms with Crippen molar-refractivity contribution in [1.29, 1.82) is 0 Å². The molecule has 98 heavy (non-hydrogen) atoms. The van der Waals surface area contributed by atoms with Gasteiger partial charge in [0, 0.05) is 6.42 Å². The highest BCUT2D eigenvalue weighted by Crippen LogP contribution is 2.17. The SMILES string of the molecule is CC[C@H](C)[C@H](NC(=O)[C@H](CCCCN)NC(=O)[C@H](CCCCN)NC(=O)[C@H](Cc1ccccc1)NC(=O)[C@H](CC(C)C)NC(=O)[C@H](CCCCN)NC(=O)[C@@H](N)CCCCN)C(=O)N[C@@H](CC(C)C)C(=O)N[C@@H](CCCCN)C(=O)N[C@@H](CCCCN)C(=O)N[C@@H](CC(C)C)C(N)=O. The van der Waals surface area contributed by atoms with Crippen LogP contribution in [0.4, 0.5) is 0 Å². The van der Waals surface area contributed by atoms with Crippen LogP contribution in [0.25, 0.3) is 0 Å². The number of rotatable bonds is 55. The Morgan fingerprint density at radius 2 is 0.592 bits per heavy atom. The smallest absolute Gasteiger partial charge is 0.243 e. The second-order valence-electron chi connectivity index (χ2n) is 27.2. The third-order valence-corrected chi connectivity index (χ3v) is 17.0. The maximum Gasteiger partial charge on any atom is 0.243 e. The molecular weight excluding hydrogens is 1260 g/mol. The molecule has 1 rings (SSSR count). The van der Waals surface area contributed by atoms with E-state index in [1.807, 2.05) is 48.5 Å². The number of hydrogen-bond donors (Lipinski definition) is 18. The summed E-state index contributed by atoms with van der Waals surface area (Å²) in [5.74, 6) is -8.39. The third kappa shape index (κ3) is 36.8. The number of carbonyl (C=O) groups is 11. The largest absolute Gasteiger partial charge is 0.368 e. The van der Waals surface area contributed by atoms with Gasteiger partial charge in [0.15, 0.2) is 0 Å². The van der Waals surface area contributed by atoms with Crippen molar-refractivity contribution in [2.45, 2.75) is 270 Å². The molecule has 0 heterocycles. The van der Waals surface area contributed by atoms with Gasteiger partial charge in [-0.1, -0.05) is 98.6 Å². The lowest BCUT2D eigenvalue weighted by molar-refractivity contribution is -0.137. The molecule has 0 radical (unpaired) electrons. The van der Waals surface area contributed by atoms with Crippen LogP contribution < -0.4 is 99.0 Å². The van der Waals surface area contributed by atoms with E-state index in [0.717, 1.165) is 0 Å². The first-order chi connectivity index (χ1) is 46.6. The van der Waals surface area contributed by atoms with E-state index < -0.39 is 137 Å². The van der Waals surface area contributed by atoms with E-state index in [1.165, 1.54) is 0 Å². The van der Waals surface area contributed by atoms with Crippen molar-refractivity contribution in [3.63, 3.8) is 0 Å². The summed E-state index contributed by atoms with van der Waals surface area (Å²) in [5, 5.41) is 28.1. The monoisotopic (exact) mass is 1390 g/mol. The molecule has 29 heteroatoms. The first-order valence-electron chi connectivity index (χ1n) is 35.9. The predicted molar refractivity (Wildman–Crippen MR) is 382 cm³/mol. The first-order valence-corrected chi connectivity index (χ1v) is 35.9. The normalized spacial score (nSPS) is 15.1. The Labute approximate surface area is 582 Å². The van der Waals surface area contributed by atoms with Gasteiger partial charge in [-0.15, -0.1) is 0 Å². The Morgan fingerprint density at radius 1 is 0.327 bits per heavy atom. The number of benzene rings is 1. The Morgan fingerprint density at radius 3 is 0.918 bits per heavy atom. The molecular formula is C69H128N18O11. The molecule has 0 aliphatic heterocycles. The number of nitrogens with one attached hydrogen (secondary N) is 10. The van der Waals surface area contributed by atoms with Gasteiger partial charge in [-0.25, -0.2) is 0 Å². The van der Waals surface area contributed by atoms with Crippen molar-refractivity contribution < 1.29 is 52.7 Å². The zero-order valence-electron chi connectivity index (χ0n) is 60.2. The highest BCUT2D eigenvalue weighted by atomic mass is 16.2. The van der Waals surface area contributed by atoms with Crippen LogP contribution in [-0.2, 0) is 59.2 Å². The molecule has 1 aromatic rings. The Hall–Kier alpha value is -6.89. The van der Waals surface area contributed by atoms with E-state index in [1.54, 1.807) is 37.3 Å². The molecule has 29 nitrogen and oxygen atoms in total. The van der Waals surface area contributed by atoms with Crippen LogP contribution in [0.3, 0.4) is 0 Å². The van der Waals surface area contributed by atoms with Crippen LogP contribution in [0.5, 0.6) is 0 Å². The Bertz CT molecular complexity index is 2530. The van der Waals surface area contributed by atoms with E-state index in [9.17, 15) is 52.7 Å². The van der Waals surface area contributed by atoms with Crippen molar-refractivity contribution in [2.24, 2.45) is 69.5 Å². The van der Waals surface area contributed by atoms with Crippen molar-refractivity contribution in [3.8, 4) is 0 Å². The average Bonchev–Trinajstić information content (AvgIpc) is 0.859. The van der Waals surface area contributed by atoms with E-state index in [2.05, 4.69) is 53.2 Å². The van der Waals surface area contributed by atoms with Gasteiger partial charge in [0.25, 0.3) is 0 Å². The molecule has 12 atom stereocenters. The summed E-state index contributed by atoms with van der Waals surface area (Å²) in [6.07, 6.45) is 7.73. The molecule has 0 aromatic heterocycles. The fourth-order valence-electron chi connectivity index (χ4n) is 11.0. The number of unbranched alkanes of at least 4 members (excludes halogenated alkanes) is 6. The molecule has 11 amide bonds.